The molecule has 0 unspecified atom stereocenters. The van der Waals surface area contributed by atoms with E-state index in [0.717, 1.165) is 44.9 Å². The Morgan fingerprint density at radius 3 is 2.21 bits per heavy atom. The second kappa shape index (κ2) is 13.3. The number of aryl methyl sites for hydroxylation is 2. The van der Waals surface area contributed by atoms with Crippen LogP contribution in [0.4, 0.5) is 0 Å². The van der Waals surface area contributed by atoms with Gasteiger partial charge in [-0.05, 0) is 89.7 Å². The molecule has 0 aliphatic heterocycles. The van der Waals surface area contributed by atoms with Gasteiger partial charge < -0.3 is 23.5 Å². The Hall–Kier alpha value is -3.08. The Balaban J connectivity index is 0.00000353. The Kier molecular flexibility index (Phi) is 9.87. The molecule has 3 aromatic carbocycles. The minimum absolute atomic E-state index is 0. The van der Waals surface area contributed by atoms with E-state index in [1.54, 1.807) is 0 Å². The quantitative estimate of drug-likeness (QED) is 0.246. The van der Waals surface area contributed by atoms with Gasteiger partial charge in [-0.3, -0.25) is 9.53 Å². The van der Waals surface area contributed by atoms with Crippen molar-refractivity contribution in [2.75, 3.05) is 6.61 Å². The molecule has 0 saturated carbocycles. The average molecular weight is 550 g/mol. The molecular weight excluding hydrogens is 521 g/mol. The van der Waals surface area contributed by atoms with Crippen LogP contribution in [-0.2, 0) is 19.7 Å². The van der Waals surface area contributed by atoms with Gasteiger partial charge in [0.05, 0.1) is 6.54 Å². The summed E-state index contributed by atoms with van der Waals surface area (Å²) >= 11 is 0. The number of ether oxygens (including phenoxy) is 2. The molecular formula is C30H28KN3O5. The average Bonchev–Trinajstić information content (AvgIpc) is 3.52. The summed E-state index contributed by atoms with van der Waals surface area (Å²) in [7, 11) is 0. The van der Waals surface area contributed by atoms with Gasteiger partial charge in [-0.2, -0.15) is 0 Å². The molecule has 0 atom stereocenters. The van der Waals surface area contributed by atoms with Crippen molar-refractivity contribution in [1.29, 1.82) is 0 Å². The Morgan fingerprint density at radius 1 is 0.821 bits per heavy atom. The maximum absolute atomic E-state index is 11.6. The van der Waals surface area contributed by atoms with E-state index in [1.807, 2.05) is 60.9 Å². The van der Waals surface area contributed by atoms with Gasteiger partial charge in [0.25, 0.3) is 0 Å². The van der Waals surface area contributed by atoms with E-state index in [1.165, 1.54) is 5.56 Å². The molecule has 5 rings (SSSR count). The van der Waals surface area contributed by atoms with E-state index in [-0.39, 0.29) is 57.9 Å². The summed E-state index contributed by atoms with van der Waals surface area (Å²) in [4.78, 5) is 25.9. The van der Waals surface area contributed by atoms with Crippen molar-refractivity contribution in [3.63, 3.8) is 0 Å². The maximum Gasteiger partial charge on any atom is 1.00 e. The molecule has 0 aliphatic rings. The van der Waals surface area contributed by atoms with Crippen LogP contribution in [0.1, 0.15) is 22.3 Å². The summed E-state index contributed by atoms with van der Waals surface area (Å²) in [5.41, 5.74) is 5.78. The number of hydrogen-bond acceptors (Lipinski definition) is 5. The summed E-state index contributed by atoms with van der Waals surface area (Å²) in [6.07, 6.45) is 4.06. The summed E-state index contributed by atoms with van der Waals surface area (Å²) in [5.74, 6) is 0.679. The van der Waals surface area contributed by atoms with Crippen molar-refractivity contribution >= 4 is 0 Å². The van der Waals surface area contributed by atoms with Gasteiger partial charge >= 0.3 is 57.1 Å². The molecule has 0 fully saturated rings. The Morgan fingerprint density at radius 2 is 1.54 bits per heavy atom. The predicted octanol–water partition coefficient (Wildman–Crippen LogP) is 1.55. The molecule has 0 aliphatic carbocycles. The van der Waals surface area contributed by atoms with Crippen LogP contribution in [0.2, 0.25) is 0 Å². The summed E-state index contributed by atoms with van der Waals surface area (Å²) in [6.45, 7) is 6.17. The van der Waals surface area contributed by atoms with Gasteiger partial charge in [-0.25, -0.2) is 4.79 Å². The molecule has 0 spiro atoms. The molecule has 9 heteroatoms. The molecule has 0 bridgehead atoms. The molecule has 0 N–H and O–H groups in total. The van der Waals surface area contributed by atoms with E-state index in [2.05, 4.69) is 47.7 Å². The normalized spacial score (nSPS) is 10.7. The van der Waals surface area contributed by atoms with Crippen molar-refractivity contribution in [2.24, 2.45) is 0 Å². The second-order valence-corrected chi connectivity index (χ2v) is 9.12. The van der Waals surface area contributed by atoms with Crippen LogP contribution in [0.5, 0.6) is 11.5 Å². The van der Waals surface area contributed by atoms with Crippen molar-refractivity contribution in [1.82, 2.24) is 14.3 Å². The minimum Gasteiger partial charge on any atom is -0.492 e. The Bertz CT molecular complexity index is 1610. The molecule has 39 heavy (non-hydrogen) atoms. The van der Waals surface area contributed by atoms with Gasteiger partial charge in [-0.1, -0.05) is 30.3 Å². The second-order valence-electron chi connectivity index (χ2n) is 9.12. The van der Waals surface area contributed by atoms with Crippen LogP contribution >= 0.6 is 0 Å². The molecule has 194 valence electrons. The van der Waals surface area contributed by atoms with Gasteiger partial charge in [0.15, 0.2) is 5.69 Å². The van der Waals surface area contributed by atoms with Crippen molar-refractivity contribution in [2.45, 2.75) is 33.5 Å². The molecule has 0 radical (unpaired) electrons. The Labute approximate surface area is 268 Å². The molecule has 5 aromatic rings. The first-order valence-corrected chi connectivity index (χ1v) is 12.4. The van der Waals surface area contributed by atoms with Crippen molar-refractivity contribution in [3.05, 3.63) is 128 Å². The van der Waals surface area contributed by atoms with E-state index in [0.29, 0.717) is 19.0 Å². The van der Waals surface area contributed by atoms with Gasteiger partial charge in [0, 0.05) is 18.9 Å². The fraction of sp³-hybridized carbons (Fsp3) is 0.200. The van der Waals surface area contributed by atoms with Crippen LogP contribution in [0.25, 0.3) is 11.1 Å². The van der Waals surface area contributed by atoms with E-state index in [9.17, 15) is 9.59 Å². The summed E-state index contributed by atoms with van der Waals surface area (Å²) in [6, 6.07) is 23.8. The van der Waals surface area contributed by atoms with Crippen LogP contribution in [-0.4, -0.2) is 15.9 Å². The third-order valence-corrected chi connectivity index (χ3v) is 6.25. The summed E-state index contributed by atoms with van der Waals surface area (Å²) < 4.78 is 19.8. The first-order valence-electron chi connectivity index (χ1n) is 12.4. The van der Waals surface area contributed by atoms with Crippen LogP contribution in [0, 0.1) is 13.8 Å². The number of nitrogens with zero attached hydrogens (tertiary/aromatic N) is 3. The number of aromatic nitrogens is 3. The smallest absolute Gasteiger partial charge is 0.492 e. The monoisotopic (exact) mass is 549 g/mol. The molecule has 2 aromatic heterocycles. The van der Waals surface area contributed by atoms with E-state index >= 15 is 0 Å². The van der Waals surface area contributed by atoms with Crippen molar-refractivity contribution < 1.29 is 65.4 Å². The first kappa shape index (κ1) is 28.9. The van der Waals surface area contributed by atoms with Crippen LogP contribution in [0.15, 0.2) is 99.3 Å². The zero-order chi connectivity index (χ0) is 26.5. The molecule has 0 saturated heterocycles. The molecule has 8 nitrogen and oxygen atoms in total. The van der Waals surface area contributed by atoms with E-state index < -0.39 is 11.4 Å². The molecule has 2 heterocycles. The van der Waals surface area contributed by atoms with Crippen molar-refractivity contribution in [3.8, 4) is 22.6 Å². The third-order valence-electron chi connectivity index (χ3n) is 6.25. The fourth-order valence-electron chi connectivity index (χ4n) is 4.48. The fourth-order valence-corrected chi connectivity index (χ4v) is 4.48. The zero-order valence-corrected chi connectivity index (χ0v) is 25.4. The number of benzene rings is 3. The van der Waals surface area contributed by atoms with Gasteiger partial charge in [-0.15, -0.1) is 0 Å². The number of rotatable bonds is 10. The third kappa shape index (κ3) is 7.52. The van der Waals surface area contributed by atoms with Gasteiger partial charge in [0.2, 0.25) is 0 Å². The number of hydrogen-bond donors (Lipinski definition) is 0. The van der Waals surface area contributed by atoms with Gasteiger partial charge in [0.1, 0.15) is 24.7 Å². The zero-order valence-electron chi connectivity index (χ0n) is 22.3. The topological polar surface area (TPSA) is 89.7 Å². The summed E-state index contributed by atoms with van der Waals surface area (Å²) in [5, 5.41) is 0. The largest absolute Gasteiger partial charge is 1.00 e. The minimum atomic E-state index is -0.893. The first-order chi connectivity index (χ1) is 18.4. The van der Waals surface area contributed by atoms with E-state index in [4.69, 9.17) is 14.0 Å². The SMILES string of the molecule is Cc1cc(OCCn2cccc2)cc(C)c1-c1cccc(COc2ccc(Cn3oc(=O)[n-]c3=O)cc2)c1.[K+]. The molecule has 0 amide bonds. The maximum atomic E-state index is 11.6. The van der Waals surface area contributed by atoms with Crippen LogP contribution in [0.3, 0.4) is 0 Å². The predicted molar refractivity (Wildman–Crippen MR) is 144 cm³/mol. The van der Waals surface area contributed by atoms with Crippen LogP contribution < -0.4 is 77.3 Å². The standard InChI is InChI=1S/C30H29N3O5.K/c1-21-16-27(36-15-14-32-12-3-4-13-32)17-22(2)28(21)25-7-5-6-24(18-25)20-37-26-10-8-23(9-11-26)19-33-29(34)31-30(35)38-33;/h3-13,16-18H,14-15,19-20H2,1-2H3,(H,31,34,35);/q;+1/p-1.